The van der Waals surface area contributed by atoms with Crippen LogP contribution in [0, 0.1) is 5.82 Å². The summed E-state index contributed by atoms with van der Waals surface area (Å²) in [4.78, 5) is 41.7. The van der Waals surface area contributed by atoms with Gasteiger partial charge in [0.1, 0.15) is 6.54 Å². The van der Waals surface area contributed by atoms with Crippen molar-refractivity contribution in [2.75, 3.05) is 0 Å². The number of aromatic nitrogens is 4. The van der Waals surface area contributed by atoms with Crippen molar-refractivity contribution in [2.45, 2.75) is 6.54 Å². The number of H-pyrrole nitrogens is 1. The van der Waals surface area contributed by atoms with Gasteiger partial charge in [-0.3, -0.25) is 29.1 Å². The number of hydrogen-bond acceptors (Lipinski definition) is 5. The second kappa shape index (κ2) is 14.8. The van der Waals surface area contributed by atoms with Crippen molar-refractivity contribution in [3.8, 4) is 0 Å². The summed E-state index contributed by atoms with van der Waals surface area (Å²) in [6.45, 7) is -0.688. The molecule has 0 spiro atoms. The molecule has 3 heterocycles. The molecule has 0 unspecified atom stereocenters. The maximum Gasteiger partial charge on any atom is 2.00 e. The van der Waals surface area contributed by atoms with Crippen LogP contribution in [0.4, 0.5) is 38.9 Å². The molecule has 0 fully saturated rings. The quantitative estimate of drug-likeness (QED) is 0.202. The molecule has 38 heavy (non-hydrogen) atoms. The fourth-order valence-electron chi connectivity index (χ4n) is 2.44. The van der Waals surface area contributed by atoms with E-state index in [0.29, 0.717) is 10.8 Å². The van der Waals surface area contributed by atoms with Crippen molar-refractivity contribution >= 4 is 42.3 Å². The molecule has 1 aromatic carbocycles. The van der Waals surface area contributed by atoms with Gasteiger partial charge in [-0.25, -0.2) is 4.79 Å². The Morgan fingerprint density at radius 3 is 1.97 bits per heavy atom. The van der Waals surface area contributed by atoms with Gasteiger partial charge in [0.25, 0.3) is 5.56 Å². The van der Waals surface area contributed by atoms with Crippen LogP contribution in [-0.2, 0) is 28.4 Å². The van der Waals surface area contributed by atoms with E-state index in [-0.39, 0.29) is 17.1 Å². The van der Waals surface area contributed by atoms with Crippen LogP contribution in [0.1, 0.15) is 0 Å². The number of benzene rings is 1. The first-order valence-corrected chi connectivity index (χ1v) is 9.50. The Balaban J connectivity index is 0.000000529. The van der Waals surface area contributed by atoms with Gasteiger partial charge in [-0.05, 0) is 24.3 Å². The van der Waals surface area contributed by atoms with Crippen LogP contribution in [-0.4, -0.2) is 45.1 Å². The number of pyridine rings is 2. The van der Waals surface area contributed by atoms with Gasteiger partial charge in [0.05, 0.1) is 17.2 Å². The van der Waals surface area contributed by atoms with E-state index in [1.807, 2.05) is 24.4 Å². The first kappa shape index (κ1) is 34.2. The first-order chi connectivity index (χ1) is 17.0. The van der Waals surface area contributed by atoms with Crippen LogP contribution in [0.3, 0.4) is 0 Å². The summed E-state index contributed by atoms with van der Waals surface area (Å²) < 4.78 is 91.1. The van der Waals surface area contributed by atoms with Crippen LogP contribution in [0.5, 0.6) is 0 Å². The molecular weight excluding hydrogens is 592 g/mol. The number of carboxylic acids is 1. The molecule has 0 saturated carbocycles. The Morgan fingerprint density at radius 1 is 0.895 bits per heavy atom. The number of hydrogen-bond donors (Lipinski definition) is 2. The van der Waals surface area contributed by atoms with Gasteiger partial charge in [0.15, 0.2) is 0 Å². The van der Waals surface area contributed by atoms with Crippen molar-refractivity contribution < 1.29 is 65.9 Å². The van der Waals surface area contributed by atoms with E-state index >= 15 is 0 Å². The molecule has 1 radical (unpaired) electrons. The summed E-state index contributed by atoms with van der Waals surface area (Å²) in [5.41, 5.74) is -0.0859. The van der Waals surface area contributed by atoms with Crippen LogP contribution in [0.15, 0.2) is 64.6 Å². The summed E-state index contributed by atoms with van der Waals surface area (Å²) in [5, 5.41) is 10.6. The van der Waals surface area contributed by atoms with Gasteiger partial charge < -0.3 is 39.6 Å². The normalized spacial score (nSPS) is 10.6. The molecule has 0 aliphatic heterocycles. The number of fused-ring (bicyclic) bond motifs is 3. The molecule has 4 rings (SSSR count). The molecule has 0 atom stereocenters. The van der Waals surface area contributed by atoms with E-state index in [1.165, 1.54) is 0 Å². The van der Waals surface area contributed by atoms with Crippen molar-refractivity contribution in [3.05, 3.63) is 81.6 Å². The Morgan fingerprint density at radius 2 is 1.42 bits per heavy atom. The minimum atomic E-state index is -6.00. The van der Waals surface area contributed by atoms with Crippen molar-refractivity contribution in [2.24, 2.45) is 0 Å². The van der Waals surface area contributed by atoms with Crippen molar-refractivity contribution in [3.63, 3.8) is 0 Å². The summed E-state index contributed by atoms with van der Waals surface area (Å²) >= 11 is 0. The number of nitrogens with zero attached hydrogens (tertiary/aromatic N) is 3. The van der Waals surface area contributed by atoms with Crippen LogP contribution >= 0.6 is 0 Å². The summed E-state index contributed by atoms with van der Waals surface area (Å²) in [6, 6.07) is 12.1. The standard InChI is InChI=1S/C12H8N2.C6H5FN2O4.2BF4.Cu/c1-3-9-5-6-11-10(4-2-7-13-11)12(9)14-8-1;7-3-1-9(2-4(10)11)6(13)8-5(3)12;2*2-1(3,4)5;/h1-8H;1H,2H2,(H,10,11)(H,8,12,13);;;/q;;2*-1;+2. The zero-order chi connectivity index (χ0) is 28.4. The summed E-state index contributed by atoms with van der Waals surface area (Å²) in [6.07, 6.45) is 4.17. The fraction of sp³-hybridized carbons (Fsp3) is 0.0556. The van der Waals surface area contributed by atoms with Crippen LogP contribution in [0.25, 0.3) is 21.8 Å². The number of rotatable bonds is 2. The molecule has 209 valence electrons. The molecule has 0 saturated heterocycles. The van der Waals surface area contributed by atoms with E-state index in [1.54, 1.807) is 11.2 Å². The predicted molar refractivity (Wildman–Crippen MR) is 116 cm³/mol. The zero-order valence-corrected chi connectivity index (χ0v) is 19.2. The molecule has 2 N–H and O–H groups in total. The molecule has 8 nitrogen and oxygen atoms in total. The smallest absolute Gasteiger partial charge is 0.480 e. The monoisotopic (exact) mass is 605 g/mol. The maximum atomic E-state index is 12.5. The number of nitrogens with one attached hydrogen (secondary N) is 1. The number of aliphatic carboxylic acids is 1. The molecule has 0 aliphatic carbocycles. The van der Waals surface area contributed by atoms with E-state index < -0.39 is 44.1 Å². The second-order valence-corrected chi connectivity index (χ2v) is 6.46. The SMILES string of the molecule is F[B-](F)(F)F.F[B-](F)(F)F.O=C(O)Cn1cc(F)c(=O)[nH]c1=O.[Cu+2].c1cnc2c(c1)ccc1ncccc12. The van der Waals surface area contributed by atoms with Gasteiger partial charge in [0.2, 0.25) is 5.82 Å². The number of halogens is 9. The summed E-state index contributed by atoms with van der Waals surface area (Å²) in [5.74, 6) is -2.49. The van der Waals surface area contributed by atoms with Gasteiger partial charge in [-0.1, -0.05) is 12.1 Å². The molecule has 0 bridgehead atoms. The van der Waals surface area contributed by atoms with Gasteiger partial charge in [-0.2, -0.15) is 4.39 Å². The molecular formula is C18H13B2CuF9N4O4. The third kappa shape index (κ3) is 14.1. The molecule has 0 amide bonds. The number of carbonyl (C=O) groups is 1. The molecule has 3 aromatic heterocycles. The third-order valence-electron chi connectivity index (χ3n) is 3.63. The van der Waals surface area contributed by atoms with E-state index in [2.05, 4.69) is 28.2 Å². The predicted octanol–water partition coefficient (Wildman–Crippen LogP) is 4.14. The third-order valence-corrected chi connectivity index (χ3v) is 3.63. The molecule has 20 heteroatoms. The van der Waals surface area contributed by atoms with Gasteiger partial charge >= 0.3 is 43.2 Å². The average molecular weight is 605 g/mol. The Kier molecular flexibility index (Phi) is 13.3. The average Bonchev–Trinajstić information content (AvgIpc) is 2.75. The van der Waals surface area contributed by atoms with E-state index in [4.69, 9.17) is 5.11 Å². The number of aromatic amines is 1. The fourth-order valence-corrected chi connectivity index (χ4v) is 2.44. The Bertz CT molecular complexity index is 1390. The van der Waals surface area contributed by atoms with E-state index in [0.717, 1.165) is 21.8 Å². The largest absolute Gasteiger partial charge is 2.00 e. The topological polar surface area (TPSA) is 118 Å². The Labute approximate surface area is 216 Å². The number of carboxylic acid groups (broad SMARTS) is 1. The zero-order valence-electron chi connectivity index (χ0n) is 18.3. The minimum Gasteiger partial charge on any atom is -0.480 e. The first-order valence-electron chi connectivity index (χ1n) is 9.50. The molecule has 0 aliphatic rings. The maximum absolute atomic E-state index is 12.5. The molecule has 4 aromatic rings. The van der Waals surface area contributed by atoms with Gasteiger partial charge in [-0.15, -0.1) is 0 Å². The van der Waals surface area contributed by atoms with E-state index in [9.17, 15) is 53.3 Å². The Hall–Kier alpha value is -3.79. The van der Waals surface area contributed by atoms with Gasteiger partial charge in [0, 0.05) is 23.2 Å². The minimum absolute atomic E-state index is 0. The van der Waals surface area contributed by atoms with Crippen molar-refractivity contribution in [1.29, 1.82) is 0 Å². The van der Waals surface area contributed by atoms with Crippen LogP contribution < -0.4 is 11.2 Å². The summed E-state index contributed by atoms with van der Waals surface area (Å²) in [7, 11) is -12.0. The van der Waals surface area contributed by atoms with Crippen LogP contribution in [0.2, 0.25) is 0 Å². The second-order valence-electron chi connectivity index (χ2n) is 6.46. The van der Waals surface area contributed by atoms with Crippen molar-refractivity contribution in [1.82, 2.24) is 19.5 Å².